The highest BCUT2D eigenvalue weighted by molar-refractivity contribution is 5.97. The average molecular weight is 611 g/mol. The van der Waals surface area contributed by atoms with E-state index in [2.05, 4.69) is 20.9 Å². The van der Waals surface area contributed by atoms with Crippen molar-refractivity contribution in [2.45, 2.75) is 82.7 Å². The number of nitrogens with zero attached hydrogens (tertiary/aromatic N) is 1. The van der Waals surface area contributed by atoms with E-state index >= 15 is 0 Å². The van der Waals surface area contributed by atoms with Gasteiger partial charge in [-0.15, -0.1) is 0 Å². The van der Waals surface area contributed by atoms with Crippen LogP contribution in [0.4, 0.5) is 8.78 Å². The lowest BCUT2D eigenvalue weighted by molar-refractivity contribution is -0.125. The number of halogens is 2. The Hall–Kier alpha value is -4.22. The minimum Gasteiger partial charge on any atom is -0.388 e. The number of aliphatic hydroxyl groups excluding tert-OH is 2. The van der Waals surface area contributed by atoms with Crippen LogP contribution in [-0.2, 0) is 11.2 Å². The van der Waals surface area contributed by atoms with Gasteiger partial charge in [0.2, 0.25) is 5.91 Å². The molecule has 0 aliphatic rings. The third-order valence-corrected chi connectivity index (χ3v) is 7.27. The first-order valence-electron chi connectivity index (χ1n) is 14.8. The van der Waals surface area contributed by atoms with Crippen LogP contribution in [0, 0.1) is 11.6 Å². The van der Waals surface area contributed by atoms with E-state index in [1.807, 2.05) is 6.92 Å². The zero-order valence-corrected chi connectivity index (χ0v) is 24.9. The average Bonchev–Trinajstić information content (AvgIpc) is 3.01. The molecule has 0 fully saturated rings. The minimum absolute atomic E-state index is 0.124. The van der Waals surface area contributed by atoms with E-state index in [-0.39, 0.29) is 17.5 Å². The number of rotatable bonds is 16. The molecule has 2 aromatic carbocycles. The predicted octanol–water partition coefficient (Wildman–Crippen LogP) is 3.70. The molecule has 3 amide bonds. The van der Waals surface area contributed by atoms with E-state index in [0.29, 0.717) is 24.5 Å². The lowest BCUT2D eigenvalue weighted by atomic mass is 9.93. The Morgan fingerprint density at radius 2 is 1.48 bits per heavy atom. The number of amides is 3. The van der Waals surface area contributed by atoms with Crippen molar-refractivity contribution in [2.75, 3.05) is 0 Å². The maximum absolute atomic E-state index is 14.0. The second-order valence-electron chi connectivity index (χ2n) is 10.8. The van der Waals surface area contributed by atoms with Crippen LogP contribution in [0.3, 0.4) is 0 Å². The van der Waals surface area contributed by atoms with Crippen molar-refractivity contribution in [3.8, 4) is 0 Å². The third kappa shape index (κ3) is 10.5. The Bertz CT molecular complexity index is 1340. The molecule has 9 nitrogen and oxygen atoms in total. The van der Waals surface area contributed by atoms with Crippen LogP contribution < -0.4 is 16.0 Å². The highest BCUT2D eigenvalue weighted by atomic mass is 19.1. The molecule has 1 heterocycles. The lowest BCUT2D eigenvalue weighted by Gasteiger charge is -2.32. The van der Waals surface area contributed by atoms with Gasteiger partial charge in [-0.1, -0.05) is 50.8 Å². The van der Waals surface area contributed by atoms with E-state index in [4.69, 9.17) is 0 Å². The van der Waals surface area contributed by atoms with Crippen LogP contribution in [0.25, 0.3) is 0 Å². The van der Waals surface area contributed by atoms with E-state index in [1.54, 1.807) is 42.5 Å². The summed E-state index contributed by atoms with van der Waals surface area (Å²) in [5.41, 5.74) is 0.722. The number of hydrogen-bond donors (Lipinski definition) is 5. The van der Waals surface area contributed by atoms with Crippen molar-refractivity contribution in [3.05, 3.63) is 101 Å². The molecule has 0 unspecified atom stereocenters. The van der Waals surface area contributed by atoms with Crippen molar-refractivity contribution in [3.63, 3.8) is 0 Å². The van der Waals surface area contributed by atoms with Crippen LogP contribution in [0.5, 0.6) is 0 Å². The molecule has 236 valence electrons. The number of hydrogen-bond acceptors (Lipinski definition) is 6. The fourth-order valence-corrected chi connectivity index (χ4v) is 4.80. The molecular weight excluding hydrogens is 570 g/mol. The molecule has 5 atom stereocenters. The van der Waals surface area contributed by atoms with Crippen LogP contribution in [0.2, 0.25) is 0 Å². The van der Waals surface area contributed by atoms with Gasteiger partial charge < -0.3 is 26.2 Å². The molecule has 0 aliphatic carbocycles. The molecule has 0 saturated heterocycles. The number of carbonyl (C=O) groups excluding carboxylic acids is 3. The Morgan fingerprint density at radius 1 is 0.818 bits per heavy atom. The van der Waals surface area contributed by atoms with Gasteiger partial charge in [0.25, 0.3) is 11.8 Å². The van der Waals surface area contributed by atoms with Crippen LogP contribution >= 0.6 is 0 Å². The second-order valence-corrected chi connectivity index (χ2v) is 10.8. The summed E-state index contributed by atoms with van der Waals surface area (Å²) in [6, 6.07) is 11.0. The highest BCUT2D eigenvalue weighted by Gasteiger charge is 2.34. The molecule has 0 bridgehead atoms. The summed E-state index contributed by atoms with van der Waals surface area (Å²) in [6.07, 6.45) is 3.03. The number of carbonyl (C=O) groups is 3. The summed E-state index contributed by atoms with van der Waals surface area (Å²) in [4.78, 5) is 43.1. The smallest absolute Gasteiger partial charge is 0.253 e. The molecule has 3 rings (SSSR count). The normalized spacial score (nSPS) is 14.5. The molecular formula is C33H40F2N4O5. The topological polar surface area (TPSA) is 141 Å². The molecule has 44 heavy (non-hydrogen) atoms. The molecule has 0 radical (unpaired) electrons. The van der Waals surface area contributed by atoms with Crippen molar-refractivity contribution < 1.29 is 33.4 Å². The van der Waals surface area contributed by atoms with Crippen molar-refractivity contribution in [1.29, 1.82) is 0 Å². The maximum Gasteiger partial charge on any atom is 0.253 e. The van der Waals surface area contributed by atoms with Crippen molar-refractivity contribution in [2.24, 2.45) is 0 Å². The first-order chi connectivity index (χ1) is 21.1. The zero-order valence-electron chi connectivity index (χ0n) is 24.9. The molecule has 0 aliphatic heterocycles. The number of aliphatic hydroxyl groups is 2. The predicted molar refractivity (Wildman–Crippen MR) is 162 cm³/mol. The Morgan fingerprint density at radius 3 is 2.11 bits per heavy atom. The lowest BCUT2D eigenvalue weighted by Crippen LogP contribution is -2.58. The summed E-state index contributed by atoms with van der Waals surface area (Å²) in [5.74, 6) is -3.34. The van der Waals surface area contributed by atoms with Gasteiger partial charge in [-0.25, -0.2) is 8.78 Å². The van der Waals surface area contributed by atoms with Gasteiger partial charge in [-0.2, -0.15) is 0 Å². The van der Waals surface area contributed by atoms with E-state index < -0.39 is 59.7 Å². The minimum atomic E-state index is -1.67. The monoisotopic (exact) mass is 610 g/mol. The fraction of sp³-hybridized carbons (Fsp3) is 0.394. The maximum atomic E-state index is 14.0. The Balaban J connectivity index is 1.82. The molecule has 3 aromatic rings. The first-order valence-corrected chi connectivity index (χ1v) is 14.8. The van der Waals surface area contributed by atoms with Crippen molar-refractivity contribution >= 4 is 17.7 Å². The van der Waals surface area contributed by atoms with Gasteiger partial charge in [0.05, 0.1) is 17.6 Å². The number of benzene rings is 2. The number of unbranched alkanes of at least 4 members (excludes halogenated alkanes) is 3. The van der Waals surface area contributed by atoms with Crippen LogP contribution in [0.1, 0.15) is 72.2 Å². The number of pyridine rings is 1. The standard InChI is InChI=1S/C33H40F2N4O5/c1-3-4-5-9-14-27(38-32(43)24-13-10-15-36-20-24)33(44)39-28(18-22-16-25(34)19-26(35)17-22)30(41)29(40)21(2)37-31(42)23-11-7-6-8-12-23/h6-8,10-13,15-17,19-21,27-30,40-41H,3-5,9,14,18H2,1-2H3,(H,37,42)(H,38,43)(H,39,44)/t21-,27-,28+,29-,30-/m1/s1. The SMILES string of the molecule is CCCCCC[C@@H](NC(=O)c1cccnc1)C(=O)N[C@@H](Cc1cc(F)cc(F)c1)[C@@H](O)[C@H](O)[C@@H](C)NC(=O)c1ccccc1. The Kier molecular flexibility index (Phi) is 13.4. The zero-order chi connectivity index (χ0) is 32.1. The van der Waals surface area contributed by atoms with Gasteiger partial charge in [-0.3, -0.25) is 19.4 Å². The summed E-state index contributed by atoms with van der Waals surface area (Å²) >= 11 is 0. The highest BCUT2D eigenvalue weighted by Crippen LogP contribution is 2.16. The van der Waals surface area contributed by atoms with E-state index in [9.17, 15) is 33.4 Å². The molecule has 0 spiro atoms. The number of aromatic nitrogens is 1. The van der Waals surface area contributed by atoms with Gasteiger partial charge in [0.15, 0.2) is 0 Å². The van der Waals surface area contributed by atoms with E-state index in [0.717, 1.165) is 31.4 Å². The molecule has 5 N–H and O–H groups in total. The Labute approximate surface area is 256 Å². The first kappa shape index (κ1) is 34.3. The van der Waals surface area contributed by atoms with Gasteiger partial charge >= 0.3 is 0 Å². The molecule has 0 saturated carbocycles. The van der Waals surface area contributed by atoms with Gasteiger partial charge in [-0.05, 0) is 61.7 Å². The molecule has 1 aromatic heterocycles. The quantitative estimate of drug-likeness (QED) is 0.157. The van der Waals surface area contributed by atoms with Gasteiger partial charge in [0.1, 0.15) is 29.9 Å². The second kappa shape index (κ2) is 17.2. The summed E-state index contributed by atoms with van der Waals surface area (Å²) in [5, 5.41) is 30.3. The van der Waals surface area contributed by atoms with Crippen LogP contribution in [0.15, 0.2) is 73.1 Å². The summed E-state index contributed by atoms with van der Waals surface area (Å²) in [6.45, 7) is 3.53. The largest absolute Gasteiger partial charge is 0.388 e. The fourth-order valence-electron chi connectivity index (χ4n) is 4.80. The van der Waals surface area contributed by atoms with Gasteiger partial charge in [0, 0.05) is 24.0 Å². The van der Waals surface area contributed by atoms with E-state index in [1.165, 1.54) is 19.3 Å². The van der Waals surface area contributed by atoms with Crippen molar-refractivity contribution in [1.82, 2.24) is 20.9 Å². The number of nitrogens with one attached hydrogen (secondary N) is 3. The van der Waals surface area contributed by atoms with Crippen LogP contribution in [-0.4, -0.2) is 63.3 Å². The third-order valence-electron chi connectivity index (χ3n) is 7.27. The molecule has 11 heteroatoms. The summed E-state index contributed by atoms with van der Waals surface area (Å²) < 4.78 is 28.1. The summed E-state index contributed by atoms with van der Waals surface area (Å²) in [7, 11) is 0.